The number of hydrogen-bond donors (Lipinski definition) is 2. The highest BCUT2D eigenvalue weighted by Crippen LogP contribution is 2.23. The van der Waals surface area contributed by atoms with Crippen LogP contribution in [0, 0.1) is 11.7 Å². The van der Waals surface area contributed by atoms with Gasteiger partial charge in [-0.25, -0.2) is 9.97 Å². The van der Waals surface area contributed by atoms with E-state index in [1.807, 2.05) is 54.6 Å². The Morgan fingerprint density at radius 3 is 2.52 bits per heavy atom. The second kappa shape index (κ2) is 8.11. The minimum atomic E-state index is -2.52. The molecule has 0 amide bonds. The van der Waals surface area contributed by atoms with Gasteiger partial charge in [0.2, 0.25) is 0 Å². The molecule has 0 bridgehead atoms. The van der Waals surface area contributed by atoms with Crippen molar-refractivity contribution in [1.29, 1.82) is 0 Å². The van der Waals surface area contributed by atoms with Crippen LogP contribution >= 0.6 is 0 Å². The fourth-order valence-corrected chi connectivity index (χ4v) is 3.08. The average molecular weight is 407 g/mol. The normalized spacial score (nSPS) is 10.7. The SMILES string of the molecule is Cc1ncc2[nH]c(=S(=O)=O)nc(Nc3ccc(OCc4ccccc4)cc3)c2n1. The van der Waals surface area contributed by atoms with Crippen LogP contribution in [-0.4, -0.2) is 28.4 Å². The largest absolute Gasteiger partial charge is 0.489 e. The molecule has 0 unspecified atom stereocenters. The standard InChI is InChI=1S/C20H17N5O3S/c1-13-21-11-17-18(22-13)19(25-20(24-17)29(26)27)23-15-7-9-16(10-8-15)28-12-14-5-3-2-4-6-14/h2-11,24H,12H2,1H3,(H,23,25). The molecular weight excluding hydrogens is 390 g/mol. The Hall–Kier alpha value is -3.72. The second-order valence-corrected chi connectivity index (χ2v) is 7.08. The highest BCUT2D eigenvalue weighted by Gasteiger charge is 2.08. The fourth-order valence-electron chi connectivity index (χ4n) is 2.72. The minimum Gasteiger partial charge on any atom is -0.489 e. The van der Waals surface area contributed by atoms with Gasteiger partial charge in [0.25, 0.3) is 15.1 Å². The molecule has 0 atom stereocenters. The summed E-state index contributed by atoms with van der Waals surface area (Å²) >= 11 is 0. The van der Waals surface area contributed by atoms with Crippen molar-refractivity contribution in [2.45, 2.75) is 13.5 Å². The molecule has 0 spiro atoms. The van der Waals surface area contributed by atoms with E-state index in [0.29, 0.717) is 29.3 Å². The molecule has 9 heteroatoms. The van der Waals surface area contributed by atoms with E-state index < -0.39 is 10.3 Å². The third-order valence-corrected chi connectivity index (χ3v) is 4.62. The molecule has 2 aromatic carbocycles. The maximum absolute atomic E-state index is 11.4. The first-order valence-electron chi connectivity index (χ1n) is 8.78. The van der Waals surface area contributed by atoms with Crippen LogP contribution in [0.3, 0.4) is 0 Å². The van der Waals surface area contributed by atoms with E-state index in [0.717, 1.165) is 17.0 Å². The molecule has 4 aromatic rings. The Bertz CT molecular complexity index is 1330. The number of H-pyrrole nitrogens is 1. The van der Waals surface area contributed by atoms with Crippen LogP contribution in [-0.2, 0) is 16.9 Å². The van der Waals surface area contributed by atoms with Gasteiger partial charge in [0.05, 0.1) is 11.7 Å². The molecule has 2 heterocycles. The summed E-state index contributed by atoms with van der Waals surface area (Å²) < 4.78 is 28.3. The Balaban J connectivity index is 1.60. The maximum Gasteiger partial charge on any atom is 0.258 e. The zero-order chi connectivity index (χ0) is 20.2. The van der Waals surface area contributed by atoms with Gasteiger partial charge in [-0.1, -0.05) is 30.3 Å². The van der Waals surface area contributed by atoms with Gasteiger partial charge < -0.3 is 15.0 Å². The van der Waals surface area contributed by atoms with Crippen molar-refractivity contribution < 1.29 is 13.2 Å². The van der Waals surface area contributed by atoms with Crippen molar-refractivity contribution in [3.63, 3.8) is 0 Å². The smallest absolute Gasteiger partial charge is 0.258 e. The number of fused-ring (bicyclic) bond motifs is 1. The molecular formula is C20H17N5O3S. The highest BCUT2D eigenvalue weighted by atomic mass is 32.2. The Morgan fingerprint density at radius 1 is 1.03 bits per heavy atom. The summed E-state index contributed by atoms with van der Waals surface area (Å²) in [6, 6.07) is 17.2. The Kier molecular flexibility index (Phi) is 5.21. The molecule has 0 aliphatic rings. The van der Waals surface area contributed by atoms with E-state index in [-0.39, 0.29) is 4.77 Å². The predicted octanol–water partition coefficient (Wildman–Crippen LogP) is 3.40. The van der Waals surface area contributed by atoms with Crippen molar-refractivity contribution in [3.05, 3.63) is 77.0 Å². The molecule has 0 saturated heterocycles. The minimum absolute atomic E-state index is 0.199. The van der Waals surface area contributed by atoms with Gasteiger partial charge in [0.1, 0.15) is 23.7 Å². The quantitative estimate of drug-likeness (QED) is 0.488. The third kappa shape index (κ3) is 4.41. The summed E-state index contributed by atoms with van der Waals surface area (Å²) in [7, 11) is -2.52. The van der Waals surface area contributed by atoms with Crippen LogP contribution in [0.4, 0.5) is 11.5 Å². The van der Waals surface area contributed by atoms with Crippen LogP contribution in [0.15, 0.2) is 60.8 Å². The van der Waals surface area contributed by atoms with Crippen LogP contribution in [0.5, 0.6) is 5.75 Å². The molecule has 0 aliphatic heterocycles. The fraction of sp³-hybridized carbons (Fsp3) is 0.100. The first-order chi connectivity index (χ1) is 14.1. The zero-order valence-electron chi connectivity index (χ0n) is 15.5. The molecule has 29 heavy (non-hydrogen) atoms. The van der Waals surface area contributed by atoms with Gasteiger partial charge >= 0.3 is 0 Å². The summed E-state index contributed by atoms with van der Waals surface area (Å²) in [5, 5.41) is 3.12. The summed E-state index contributed by atoms with van der Waals surface area (Å²) in [6.07, 6.45) is 1.53. The van der Waals surface area contributed by atoms with Crippen molar-refractivity contribution in [2.24, 2.45) is 0 Å². The molecule has 0 radical (unpaired) electrons. The van der Waals surface area contributed by atoms with E-state index in [2.05, 4.69) is 25.3 Å². The van der Waals surface area contributed by atoms with E-state index in [1.54, 1.807) is 6.92 Å². The van der Waals surface area contributed by atoms with E-state index in [4.69, 9.17) is 4.74 Å². The third-order valence-electron chi connectivity index (χ3n) is 4.11. The lowest BCUT2D eigenvalue weighted by molar-refractivity contribution is 0.306. The zero-order valence-corrected chi connectivity index (χ0v) is 16.3. The number of aromatic nitrogens is 4. The summed E-state index contributed by atoms with van der Waals surface area (Å²) in [4.78, 5) is 15.3. The molecule has 0 aliphatic carbocycles. The van der Waals surface area contributed by atoms with Gasteiger partial charge in [-0.2, -0.15) is 13.4 Å². The van der Waals surface area contributed by atoms with Crippen LogP contribution in [0.1, 0.15) is 11.4 Å². The van der Waals surface area contributed by atoms with Crippen molar-refractivity contribution in [1.82, 2.24) is 19.9 Å². The van der Waals surface area contributed by atoms with E-state index >= 15 is 0 Å². The van der Waals surface area contributed by atoms with Crippen molar-refractivity contribution >= 4 is 32.8 Å². The number of rotatable bonds is 5. The van der Waals surface area contributed by atoms with Gasteiger partial charge in [0, 0.05) is 5.69 Å². The molecule has 4 rings (SSSR count). The molecule has 146 valence electrons. The number of hydrogen-bond acceptors (Lipinski definition) is 7. The van der Waals surface area contributed by atoms with E-state index in [9.17, 15) is 8.42 Å². The number of aromatic amines is 1. The van der Waals surface area contributed by atoms with Gasteiger partial charge in [0.15, 0.2) is 5.82 Å². The van der Waals surface area contributed by atoms with Crippen molar-refractivity contribution in [2.75, 3.05) is 5.32 Å². The second-order valence-electron chi connectivity index (χ2n) is 6.23. The molecule has 8 nitrogen and oxygen atoms in total. The topological polar surface area (TPSA) is 110 Å². The lowest BCUT2D eigenvalue weighted by Gasteiger charge is -2.10. The van der Waals surface area contributed by atoms with Crippen LogP contribution in [0.2, 0.25) is 0 Å². The number of ether oxygens (including phenoxy) is 1. The van der Waals surface area contributed by atoms with Gasteiger partial charge in [-0.3, -0.25) is 0 Å². The van der Waals surface area contributed by atoms with Gasteiger partial charge in [-0.05, 0) is 36.8 Å². The lowest BCUT2D eigenvalue weighted by atomic mass is 10.2. The van der Waals surface area contributed by atoms with Crippen LogP contribution < -0.4 is 10.1 Å². The number of benzene rings is 2. The van der Waals surface area contributed by atoms with E-state index in [1.165, 1.54) is 6.20 Å². The number of nitrogens with zero attached hydrogens (tertiary/aromatic N) is 3. The number of nitrogens with one attached hydrogen (secondary N) is 2. The molecule has 0 saturated carbocycles. The maximum atomic E-state index is 11.4. The number of aryl methyl sites for hydroxylation is 1. The van der Waals surface area contributed by atoms with Gasteiger partial charge in [-0.15, -0.1) is 0 Å². The van der Waals surface area contributed by atoms with Crippen molar-refractivity contribution in [3.8, 4) is 5.75 Å². The Morgan fingerprint density at radius 2 is 1.79 bits per heavy atom. The summed E-state index contributed by atoms with van der Waals surface area (Å²) in [5.74, 6) is 1.59. The highest BCUT2D eigenvalue weighted by molar-refractivity contribution is 7.63. The Labute approximate surface area is 167 Å². The molecule has 2 aromatic heterocycles. The predicted molar refractivity (Wildman–Crippen MR) is 109 cm³/mol. The lowest BCUT2D eigenvalue weighted by Crippen LogP contribution is -2.01. The summed E-state index contributed by atoms with van der Waals surface area (Å²) in [6.45, 7) is 2.23. The first-order valence-corrected chi connectivity index (χ1v) is 9.86. The average Bonchev–Trinajstić information content (AvgIpc) is 2.74. The first kappa shape index (κ1) is 18.6. The molecule has 0 fully saturated rings. The van der Waals surface area contributed by atoms with Crippen LogP contribution in [0.25, 0.3) is 11.0 Å². The molecule has 2 N–H and O–H groups in total. The summed E-state index contributed by atoms with van der Waals surface area (Å²) in [5.41, 5.74) is 2.77. The monoisotopic (exact) mass is 407 g/mol. The number of anilines is 2.